The van der Waals surface area contributed by atoms with E-state index in [1.54, 1.807) is 0 Å². The zero-order valence-electron chi connectivity index (χ0n) is 15.2. The number of carbonyl (C=O) groups is 4. The zero-order valence-corrected chi connectivity index (χ0v) is 15.2. The van der Waals surface area contributed by atoms with Crippen molar-refractivity contribution < 1.29 is 29.4 Å². The number of unbranched alkanes of at least 4 members (excludes halogenated alkanes) is 1. The summed E-state index contributed by atoms with van der Waals surface area (Å²) < 4.78 is 0. The quantitative estimate of drug-likeness (QED) is 0.204. The number of nitrogens with zero attached hydrogens (tertiary/aromatic N) is 1. The molecule has 11 nitrogen and oxygen atoms in total. The fourth-order valence-electron chi connectivity index (χ4n) is 2.94. The number of hydrogen-bond donors (Lipinski definition) is 6. The van der Waals surface area contributed by atoms with E-state index in [0.717, 1.165) is 0 Å². The number of aliphatic carboxylic acids is 1. The highest BCUT2D eigenvalue weighted by Gasteiger charge is 2.35. The number of nitrogens with one attached hydrogen (secondary N) is 2. The van der Waals surface area contributed by atoms with Crippen LogP contribution in [0.3, 0.4) is 0 Å². The van der Waals surface area contributed by atoms with E-state index in [-0.39, 0.29) is 18.9 Å². The molecule has 0 saturated carbocycles. The predicted octanol–water partition coefficient (Wildman–Crippen LogP) is -2.89. The van der Waals surface area contributed by atoms with Crippen LogP contribution in [-0.4, -0.2) is 83.2 Å². The Labute approximate surface area is 157 Å². The summed E-state index contributed by atoms with van der Waals surface area (Å²) in [4.78, 5) is 49.2. The van der Waals surface area contributed by atoms with E-state index in [0.29, 0.717) is 38.8 Å². The third-order valence-electron chi connectivity index (χ3n) is 4.43. The molecule has 1 saturated heterocycles. The highest BCUT2D eigenvalue weighted by atomic mass is 16.4. The molecule has 1 aliphatic rings. The zero-order chi connectivity index (χ0) is 20.4. The monoisotopic (exact) mass is 387 g/mol. The maximum Gasteiger partial charge on any atom is 0.328 e. The Bertz CT molecular complexity index is 543. The summed E-state index contributed by atoms with van der Waals surface area (Å²) >= 11 is 0. The van der Waals surface area contributed by atoms with Gasteiger partial charge in [0.1, 0.15) is 18.1 Å². The third kappa shape index (κ3) is 6.77. The first-order valence-electron chi connectivity index (χ1n) is 8.99. The van der Waals surface area contributed by atoms with Gasteiger partial charge in [0.15, 0.2) is 0 Å². The lowest BCUT2D eigenvalue weighted by molar-refractivity contribution is -0.143. The van der Waals surface area contributed by atoms with Gasteiger partial charge in [-0.3, -0.25) is 14.4 Å². The van der Waals surface area contributed by atoms with E-state index >= 15 is 0 Å². The normalized spacial score (nSPS) is 18.6. The van der Waals surface area contributed by atoms with Crippen LogP contribution in [0.2, 0.25) is 0 Å². The molecule has 1 rings (SSSR count). The van der Waals surface area contributed by atoms with Crippen molar-refractivity contribution in [1.82, 2.24) is 15.5 Å². The lowest BCUT2D eigenvalue weighted by atomic mass is 10.1. The third-order valence-corrected chi connectivity index (χ3v) is 4.43. The standard InChI is InChI=1S/C16H29N5O6/c17-6-2-1-4-10(14(24)20-11(9-22)16(26)27)19-15(25)12-5-3-7-21(12)13(23)8-18/h10-12,22H,1-9,17-18H2,(H,19,25)(H,20,24)(H,26,27). The number of hydrogen-bond acceptors (Lipinski definition) is 7. The fourth-order valence-corrected chi connectivity index (χ4v) is 2.94. The smallest absolute Gasteiger partial charge is 0.328 e. The molecule has 0 aromatic rings. The molecule has 3 atom stereocenters. The van der Waals surface area contributed by atoms with Crippen molar-refractivity contribution in [3.8, 4) is 0 Å². The number of carboxylic acid groups (broad SMARTS) is 1. The summed E-state index contributed by atoms with van der Waals surface area (Å²) in [5.41, 5.74) is 10.8. The largest absolute Gasteiger partial charge is 0.480 e. The Morgan fingerprint density at radius 1 is 1.11 bits per heavy atom. The highest BCUT2D eigenvalue weighted by molar-refractivity contribution is 5.93. The van der Waals surface area contributed by atoms with Crippen LogP contribution >= 0.6 is 0 Å². The summed E-state index contributed by atoms with van der Waals surface area (Å²) in [6.07, 6.45) is 2.54. The number of carboxylic acids is 1. The van der Waals surface area contributed by atoms with E-state index in [1.165, 1.54) is 4.90 Å². The number of rotatable bonds is 11. The van der Waals surface area contributed by atoms with Gasteiger partial charge in [-0.15, -0.1) is 0 Å². The maximum atomic E-state index is 12.6. The van der Waals surface area contributed by atoms with Gasteiger partial charge in [-0.05, 0) is 38.6 Å². The predicted molar refractivity (Wildman–Crippen MR) is 95.3 cm³/mol. The van der Waals surface area contributed by atoms with E-state index in [2.05, 4.69) is 10.6 Å². The van der Waals surface area contributed by atoms with E-state index in [4.69, 9.17) is 21.7 Å². The number of nitrogens with two attached hydrogens (primary N) is 2. The molecule has 0 aliphatic carbocycles. The molecule has 27 heavy (non-hydrogen) atoms. The van der Waals surface area contributed by atoms with Gasteiger partial charge in [0.05, 0.1) is 13.2 Å². The van der Waals surface area contributed by atoms with Crippen molar-refractivity contribution in [2.24, 2.45) is 11.5 Å². The molecule has 0 aromatic heterocycles. The summed E-state index contributed by atoms with van der Waals surface area (Å²) in [5, 5.41) is 22.8. The van der Waals surface area contributed by atoms with E-state index in [1.807, 2.05) is 0 Å². The molecule has 0 aromatic carbocycles. The van der Waals surface area contributed by atoms with Gasteiger partial charge in [-0.25, -0.2) is 4.79 Å². The lowest BCUT2D eigenvalue weighted by Crippen LogP contribution is -2.56. The van der Waals surface area contributed by atoms with E-state index < -0.39 is 42.5 Å². The average molecular weight is 387 g/mol. The highest BCUT2D eigenvalue weighted by Crippen LogP contribution is 2.17. The second-order valence-electron chi connectivity index (χ2n) is 6.38. The number of aliphatic hydroxyl groups is 1. The van der Waals surface area contributed by atoms with Crippen LogP contribution < -0.4 is 22.1 Å². The Balaban J connectivity index is 2.80. The van der Waals surface area contributed by atoms with E-state index in [9.17, 15) is 19.2 Å². The van der Waals surface area contributed by atoms with Crippen molar-refractivity contribution in [2.45, 2.75) is 50.2 Å². The molecule has 1 aliphatic heterocycles. The fraction of sp³-hybridized carbons (Fsp3) is 0.750. The van der Waals surface area contributed by atoms with Gasteiger partial charge in [-0.1, -0.05) is 0 Å². The van der Waals surface area contributed by atoms with Crippen LogP contribution in [0.1, 0.15) is 32.1 Å². The molecule has 0 spiro atoms. The topological polar surface area (TPSA) is 188 Å². The van der Waals surface area contributed by atoms with Crippen molar-refractivity contribution in [1.29, 1.82) is 0 Å². The molecule has 0 bridgehead atoms. The molecule has 3 amide bonds. The SMILES string of the molecule is NCCCCC(NC(=O)C1CCCN1C(=O)CN)C(=O)NC(CO)C(=O)O. The van der Waals surface area contributed by atoms with Crippen molar-refractivity contribution in [3.63, 3.8) is 0 Å². The molecule has 11 heteroatoms. The molecule has 1 heterocycles. The number of carbonyl (C=O) groups excluding carboxylic acids is 3. The van der Waals surface area contributed by atoms with Crippen LogP contribution in [0.15, 0.2) is 0 Å². The molecule has 1 fully saturated rings. The van der Waals surface area contributed by atoms with Gasteiger partial charge < -0.3 is 37.2 Å². The Morgan fingerprint density at radius 3 is 2.37 bits per heavy atom. The minimum Gasteiger partial charge on any atom is -0.480 e. The van der Waals surface area contributed by atoms with Crippen molar-refractivity contribution in [2.75, 3.05) is 26.2 Å². The molecule has 0 radical (unpaired) electrons. The second-order valence-corrected chi connectivity index (χ2v) is 6.38. The summed E-state index contributed by atoms with van der Waals surface area (Å²) in [6.45, 7) is -0.144. The first-order chi connectivity index (χ1) is 12.8. The summed E-state index contributed by atoms with van der Waals surface area (Å²) in [5.74, 6) is -2.93. The van der Waals surface area contributed by atoms with Crippen LogP contribution in [-0.2, 0) is 19.2 Å². The Morgan fingerprint density at radius 2 is 1.81 bits per heavy atom. The molecular formula is C16H29N5O6. The van der Waals surface area contributed by atoms with Gasteiger partial charge >= 0.3 is 5.97 Å². The van der Waals surface area contributed by atoms with Gasteiger partial charge in [0.2, 0.25) is 17.7 Å². The van der Waals surface area contributed by atoms with Crippen LogP contribution in [0.25, 0.3) is 0 Å². The van der Waals surface area contributed by atoms with Crippen molar-refractivity contribution in [3.05, 3.63) is 0 Å². The first-order valence-corrected chi connectivity index (χ1v) is 8.99. The Hall–Kier alpha value is -2.24. The molecule has 3 unspecified atom stereocenters. The molecule has 8 N–H and O–H groups in total. The van der Waals surface area contributed by atoms with Gasteiger partial charge in [0, 0.05) is 6.54 Å². The lowest BCUT2D eigenvalue weighted by Gasteiger charge is -2.26. The van der Waals surface area contributed by atoms with Crippen LogP contribution in [0.5, 0.6) is 0 Å². The summed E-state index contributed by atoms with van der Waals surface area (Å²) in [6, 6.07) is -3.17. The average Bonchev–Trinajstić information content (AvgIpc) is 3.14. The second kappa shape index (κ2) is 11.5. The van der Waals surface area contributed by atoms with Gasteiger partial charge in [-0.2, -0.15) is 0 Å². The van der Waals surface area contributed by atoms with Gasteiger partial charge in [0.25, 0.3) is 0 Å². The summed E-state index contributed by atoms with van der Waals surface area (Å²) in [7, 11) is 0. The maximum absolute atomic E-state index is 12.6. The molecule has 154 valence electrons. The van der Waals surface area contributed by atoms with Crippen molar-refractivity contribution >= 4 is 23.7 Å². The minimum atomic E-state index is -1.46. The first kappa shape index (κ1) is 22.8. The number of amides is 3. The number of likely N-dealkylation sites (tertiary alicyclic amines) is 1. The molecular weight excluding hydrogens is 358 g/mol. The van der Waals surface area contributed by atoms with Crippen LogP contribution in [0, 0.1) is 0 Å². The minimum absolute atomic E-state index is 0.207. The number of aliphatic hydroxyl groups excluding tert-OH is 1. The Kier molecular flexibility index (Phi) is 9.68. The van der Waals surface area contributed by atoms with Crippen LogP contribution in [0.4, 0.5) is 0 Å².